The molecule has 0 aliphatic carbocycles. The molecule has 0 aliphatic heterocycles. The molecule has 0 radical (unpaired) electrons. The lowest BCUT2D eigenvalue weighted by Gasteiger charge is -2.06. The molecular formula is C24H18FN3OS2. The number of nitrogens with zero attached hydrogens (tertiary/aromatic N) is 3. The van der Waals surface area contributed by atoms with Crippen LogP contribution >= 0.6 is 22.7 Å². The minimum Gasteiger partial charge on any atom is -0.293 e. The predicted molar refractivity (Wildman–Crippen MR) is 125 cm³/mol. The maximum atomic E-state index is 13.3. The van der Waals surface area contributed by atoms with E-state index in [2.05, 4.69) is 42.0 Å². The van der Waals surface area contributed by atoms with Crippen molar-refractivity contribution in [3.63, 3.8) is 0 Å². The normalized spacial score (nSPS) is 11.3. The van der Waals surface area contributed by atoms with Crippen molar-refractivity contribution in [3.8, 4) is 21.7 Å². The van der Waals surface area contributed by atoms with E-state index in [1.54, 1.807) is 23.0 Å². The van der Waals surface area contributed by atoms with Gasteiger partial charge >= 0.3 is 0 Å². The number of rotatable bonds is 4. The highest BCUT2D eigenvalue weighted by molar-refractivity contribution is 7.17. The monoisotopic (exact) mass is 447 g/mol. The second-order valence-electron chi connectivity index (χ2n) is 7.46. The Morgan fingerprint density at radius 1 is 0.968 bits per heavy atom. The molecule has 0 fully saturated rings. The molecule has 154 valence electrons. The van der Waals surface area contributed by atoms with Crippen LogP contribution in [0.15, 0.2) is 64.3 Å². The molecule has 7 heteroatoms. The Kier molecular flexibility index (Phi) is 5.00. The smallest absolute Gasteiger partial charge is 0.263 e. The Morgan fingerprint density at radius 2 is 1.74 bits per heavy atom. The van der Waals surface area contributed by atoms with Crippen LogP contribution in [-0.4, -0.2) is 14.5 Å². The molecule has 0 atom stereocenters. The van der Waals surface area contributed by atoms with E-state index >= 15 is 0 Å². The van der Waals surface area contributed by atoms with Crippen LogP contribution in [0.5, 0.6) is 0 Å². The lowest BCUT2D eigenvalue weighted by atomic mass is 10.0. The molecule has 31 heavy (non-hydrogen) atoms. The van der Waals surface area contributed by atoms with Crippen LogP contribution in [0.3, 0.4) is 0 Å². The van der Waals surface area contributed by atoms with Crippen molar-refractivity contribution in [2.75, 3.05) is 0 Å². The minimum atomic E-state index is -0.276. The number of hydrogen-bond donors (Lipinski definition) is 0. The van der Waals surface area contributed by atoms with Crippen molar-refractivity contribution >= 4 is 32.9 Å². The molecule has 0 aliphatic rings. The SMILES string of the molecule is Cc1ccc(-c2csc3ncn(Cc4csc(-c5ccc(F)cc5)n4)c(=O)c23)cc1C. The molecule has 3 heterocycles. The zero-order chi connectivity index (χ0) is 21.5. The standard InChI is InChI=1S/C24H18FN3OS2/c1-14-3-4-17(9-15(14)2)20-12-31-23-21(20)24(29)28(13-26-23)10-19-11-30-22(27-19)16-5-7-18(25)8-6-16/h3-9,11-13H,10H2,1-2H3. The number of halogens is 1. The van der Waals surface area contributed by atoms with Crippen LogP contribution < -0.4 is 5.56 Å². The van der Waals surface area contributed by atoms with E-state index in [0.29, 0.717) is 11.9 Å². The van der Waals surface area contributed by atoms with Crippen molar-refractivity contribution < 1.29 is 4.39 Å². The van der Waals surface area contributed by atoms with Crippen LogP contribution in [0.4, 0.5) is 4.39 Å². The molecule has 3 aromatic heterocycles. The van der Waals surface area contributed by atoms with Gasteiger partial charge in [0, 0.05) is 21.9 Å². The van der Waals surface area contributed by atoms with E-state index in [-0.39, 0.29) is 11.4 Å². The number of benzene rings is 2. The molecule has 5 aromatic rings. The van der Waals surface area contributed by atoms with Crippen molar-refractivity contribution in [2.45, 2.75) is 20.4 Å². The molecule has 0 amide bonds. The summed E-state index contributed by atoms with van der Waals surface area (Å²) in [5, 5.41) is 5.36. The average Bonchev–Trinajstić information content (AvgIpc) is 3.40. The molecule has 5 rings (SSSR count). The van der Waals surface area contributed by atoms with Gasteiger partial charge in [-0.3, -0.25) is 9.36 Å². The van der Waals surface area contributed by atoms with Crippen molar-refractivity contribution in [2.24, 2.45) is 0 Å². The van der Waals surface area contributed by atoms with Crippen LogP contribution in [0.25, 0.3) is 31.9 Å². The summed E-state index contributed by atoms with van der Waals surface area (Å²) in [7, 11) is 0. The quantitative estimate of drug-likeness (QED) is 0.337. The first-order valence-corrected chi connectivity index (χ1v) is 11.5. The Balaban J connectivity index is 1.51. The summed E-state index contributed by atoms with van der Waals surface area (Å²) in [6, 6.07) is 12.5. The second kappa shape index (κ2) is 7.83. The first kappa shape index (κ1) is 19.8. The van der Waals surface area contributed by atoms with E-state index in [0.717, 1.165) is 32.2 Å². The highest BCUT2D eigenvalue weighted by Crippen LogP contribution is 2.32. The topological polar surface area (TPSA) is 47.8 Å². The summed E-state index contributed by atoms with van der Waals surface area (Å²) in [6.07, 6.45) is 1.59. The van der Waals surface area contributed by atoms with Gasteiger partial charge in [0.1, 0.15) is 15.7 Å². The Hall–Kier alpha value is -3.16. The van der Waals surface area contributed by atoms with Crippen LogP contribution in [0, 0.1) is 19.7 Å². The third-order valence-corrected chi connectivity index (χ3v) is 7.18. The fraction of sp³-hybridized carbons (Fsp3) is 0.125. The van der Waals surface area contributed by atoms with Gasteiger partial charge in [-0.05, 0) is 54.8 Å². The lowest BCUT2D eigenvalue weighted by molar-refractivity contribution is 0.628. The minimum absolute atomic E-state index is 0.0733. The van der Waals surface area contributed by atoms with E-state index in [1.165, 1.54) is 45.9 Å². The maximum absolute atomic E-state index is 13.3. The molecule has 0 bridgehead atoms. The number of fused-ring (bicyclic) bond motifs is 1. The van der Waals surface area contributed by atoms with E-state index in [1.807, 2.05) is 10.8 Å². The molecule has 0 unspecified atom stereocenters. The molecule has 2 aromatic carbocycles. The molecular weight excluding hydrogens is 429 g/mol. The van der Waals surface area contributed by atoms with Gasteiger partial charge < -0.3 is 0 Å². The number of aryl methyl sites for hydroxylation is 2. The highest BCUT2D eigenvalue weighted by atomic mass is 32.1. The fourth-order valence-corrected chi connectivity index (χ4v) is 5.20. The number of hydrogen-bond acceptors (Lipinski definition) is 5. The van der Waals surface area contributed by atoms with Crippen molar-refractivity contribution in [1.29, 1.82) is 0 Å². The summed E-state index contributed by atoms with van der Waals surface area (Å²) < 4.78 is 14.8. The number of aromatic nitrogens is 3. The van der Waals surface area contributed by atoms with Crippen molar-refractivity contribution in [3.05, 3.63) is 92.5 Å². The fourth-order valence-electron chi connectivity index (χ4n) is 3.48. The van der Waals surface area contributed by atoms with Gasteiger partial charge in [0.2, 0.25) is 0 Å². The maximum Gasteiger partial charge on any atom is 0.263 e. The van der Waals surface area contributed by atoms with Gasteiger partial charge in [-0.25, -0.2) is 14.4 Å². The van der Waals surface area contributed by atoms with Gasteiger partial charge in [0.25, 0.3) is 5.56 Å². The number of thiophene rings is 1. The van der Waals surface area contributed by atoms with Gasteiger partial charge in [0.05, 0.1) is 24.0 Å². The van der Waals surface area contributed by atoms with Gasteiger partial charge in [0.15, 0.2) is 0 Å². The largest absolute Gasteiger partial charge is 0.293 e. The summed E-state index contributed by atoms with van der Waals surface area (Å²) in [4.78, 5) is 23.2. The summed E-state index contributed by atoms with van der Waals surface area (Å²) in [6.45, 7) is 4.49. The predicted octanol–water partition coefficient (Wildman–Crippen LogP) is 6.05. The zero-order valence-electron chi connectivity index (χ0n) is 16.9. The molecule has 0 saturated heterocycles. The van der Waals surface area contributed by atoms with E-state index in [9.17, 15) is 9.18 Å². The number of thiazole rings is 1. The van der Waals surface area contributed by atoms with Gasteiger partial charge in [-0.15, -0.1) is 22.7 Å². The van der Waals surface area contributed by atoms with Gasteiger partial charge in [-0.2, -0.15) is 0 Å². The Bertz CT molecular complexity index is 1460. The van der Waals surface area contributed by atoms with Crippen LogP contribution in [0.1, 0.15) is 16.8 Å². The van der Waals surface area contributed by atoms with E-state index < -0.39 is 0 Å². The third kappa shape index (κ3) is 3.71. The molecule has 0 spiro atoms. The first-order valence-electron chi connectivity index (χ1n) is 9.74. The average molecular weight is 448 g/mol. The third-order valence-electron chi connectivity index (χ3n) is 5.35. The van der Waals surface area contributed by atoms with Crippen molar-refractivity contribution in [1.82, 2.24) is 14.5 Å². The molecule has 4 nitrogen and oxygen atoms in total. The molecule has 0 N–H and O–H groups in total. The summed E-state index contributed by atoms with van der Waals surface area (Å²) in [5.74, 6) is -0.276. The summed E-state index contributed by atoms with van der Waals surface area (Å²) in [5.41, 5.74) is 5.91. The van der Waals surface area contributed by atoms with Crippen LogP contribution in [-0.2, 0) is 6.54 Å². The first-order chi connectivity index (χ1) is 15.0. The van der Waals surface area contributed by atoms with E-state index in [4.69, 9.17) is 0 Å². The Labute approximate surface area is 186 Å². The zero-order valence-corrected chi connectivity index (χ0v) is 18.6. The Morgan fingerprint density at radius 3 is 2.52 bits per heavy atom. The highest BCUT2D eigenvalue weighted by Gasteiger charge is 2.15. The second-order valence-corrected chi connectivity index (χ2v) is 9.17. The summed E-state index contributed by atoms with van der Waals surface area (Å²) >= 11 is 2.96. The van der Waals surface area contributed by atoms with Gasteiger partial charge in [-0.1, -0.05) is 18.2 Å². The van der Waals surface area contributed by atoms with Crippen LogP contribution in [0.2, 0.25) is 0 Å². The molecule has 0 saturated carbocycles. The lowest BCUT2D eigenvalue weighted by Crippen LogP contribution is -2.21.